The molecule has 1 fully saturated rings. The molecule has 1 heterocycles. The molecule has 1 aliphatic carbocycles. The number of methoxy groups -OCH3 is 1. The largest absolute Gasteiger partial charge is 0.465 e. The Morgan fingerprint density at radius 1 is 1.48 bits per heavy atom. The van der Waals surface area contributed by atoms with Gasteiger partial charge in [0.25, 0.3) is 0 Å². The molecule has 116 valence electrons. The molecule has 5 nitrogen and oxygen atoms in total. The molecule has 1 aromatic heterocycles. The summed E-state index contributed by atoms with van der Waals surface area (Å²) in [7, 11) is 1.35. The fourth-order valence-electron chi connectivity index (χ4n) is 2.67. The van der Waals surface area contributed by atoms with Gasteiger partial charge in [-0.25, -0.2) is 4.79 Å². The molecule has 1 aromatic rings. The van der Waals surface area contributed by atoms with Gasteiger partial charge >= 0.3 is 5.97 Å². The third-order valence-electron chi connectivity index (χ3n) is 4.21. The summed E-state index contributed by atoms with van der Waals surface area (Å²) >= 11 is 0. The van der Waals surface area contributed by atoms with E-state index in [1.54, 1.807) is 12.1 Å². The zero-order chi connectivity index (χ0) is 15.3. The first-order valence-corrected chi connectivity index (χ1v) is 7.49. The standard InChI is InChI=1S/C16H24N2O3/c1-12-5-7-16(20,8-6-12)11-17-10-14-4-3-13(9-18-14)15(19)21-2/h3-4,9,12,17,20H,5-8,10-11H2,1-2H3. The molecule has 0 radical (unpaired) electrons. The number of rotatable bonds is 5. The van der Waals surface area contributed by atoms with Gasteiger partial charge in [-0.1, -0.05) is 6.92 Å². The third kappa shape index (κ3) is 4.51. The molecule has 5 heteroatoms. The lowest BCUT2D eigenvalue weighted by Gasteiger charge is -2.35. The Morgan fingerprint density at radius 2 is 2.19 bits per heavy atom. The Bertz CT molecular complexity index is 465. The van der Waals surface area contributed by atoms with Crippen molar-refractivity contribution in [2.75, 3.05) is 13.7 Å². The number of esters is 1. The Kier molecular flexibility index (Phi) is 5.31. The van der Waals surface area contributed by atoms with Gasteiger partial charge in [0.1, 0.15) is 0 Å². The SMILES string of the molecule is COC(=O)c1ccc(CNCC2(O)CCC(C)CC2)nc1. The minimum atomic E-state index is -0.585. The van der Waals surface area contributed by atoms with Gasteiger partial charge in [0.15, 0.2) is 0 Å². The molecule has 0 aliphatic heterocycles. The van der Waals surface area contributed by atoms with Crippen LogP contribution in [-0.2, 0) is 11.3 Å². The highest BCUT2D eigenvalue weighted by Gasteiger charge is 2.31. The summed E-state index contributed by atoms with van der Waals surface area (Å²) < 4.78 is 4.63. The Hall–Kier alpha value is -1.46. The van der Waals surface area contributed by atoms with E-state index in [-0.39, 0.29) is 5.97 Å². The predicted octanol–water partition coefficient (Wildman–Crippen LogP) is 1.90. The Labute approximate surface area is 125 Å². The fourth-order valence-corrected chi connectivity index (χ4v) is 2.67. The number of carbonyl (C=O) groups excluding carboxylic acids is 1. The van der Waals surface area contributed by atoms with Crippen molar-refractivity contribution in [2.24, 2.45) is 5.92 Å². The van der Waals surface area contributed by atoms with Crippen molar-refractivity contribution in [1.29, 1.82) is 0 Å². The van der Waals surface area contributed by atoms with Crippen molar-refractivity contribution in [1.82, 2.24) is 10.3 Å². The van der Waals surface area contributed by atoms with Crippen LogP contribution >= 0.6 is 0 Å². The maximum Gasteiger partial charge on any atom is 0.339 e. The van der Waals surface area contributed by atoms with Crippen molar-refractivity contribution in [3.05, 3.63) is 29.6 Å². The number of hydrogen-bond donors (Lipinski definition) is 2. The van der Waals surface area contributed by atoms with E-state index in [1.165, 1.54) is 13.3 Å². The van der Waals surface area contributed by atoms with Gasteiger partial charge in [-0.2, -0.15) is 0 Å². The van der Waals surface area contributed by atoms with Crippen LogP contribution < -0.4 is 5.32 Å². The van der Waals surface area contributed by atoms with Gasteiger partial charge in [0.2, 0.25) is 0 Å². The lowest BCUT2D eigenvalue weighted by atomic mass is 9.79. The minimum Gasteiger partial charge on any atom is -0.465 e. The zero-order valence-corrected chi connectivity index (χ0v) is 12.8. The van der Waals surface area contributed by atoms with Crippen LogP contribution in [0, 0.1) is 5.92 Å². The highest BCUT2D eigenvalue weighted by Crippen LogP contribution is 2.31. The van der Waals surface area contributed by atoms with E-state index in [1.807, 2.05) is 0 Å². The number of pyridine rings is 1. The normalized spacial score (nSPS) is 25.6. The summed E-state index contributed by atoms with van der Waals surface area (Å²) in [5.41, 5.74) is 0.704. The van der Waals surface area contributed by atoms with Gasteiger partial charge in [-0.05, 0) is 43.7 Å². The average molecular weight is 292 g/mol. The quantitative estimate of drug-likeness (QED) is 0.811. The fraction of sp³-hybridized carbons (Fsp3) is 0.625. The first-order chi connectivity index (χ1) is 10.0. The predicted molar refractivity (Wildman–Crippen MR) is 79.9 cm³/mol. The zero-order valence-electron chi connectivity index (χ0n) is 12.8. The van der Waals surface area contributed by atoms with E-state index in [2.05, 4.69) is 22.0 Å². The molecule has 1 aliphatic rings. The van der Waals surface area contributed by atoms with Crippen LogP contribution in [0.15, 0.2) is 18.3 Å². The van der Waals surface area contributed by atoms with Crippen LogP contribution in [0.3, 0.4) is 0 Å². The van der Waals surface area contributed by atoms with Crippen LogP contribution in [0.25, 0.3) is 0 Å². The van der Waals surface area contributed by atoms with Gasteiger partial charge in [0, 0.05) is 19.3 Å². The number of aromatic nitrogens is 1. The molecule has 0 bridgehead atoms. The van der Waals surface area contributed by atoms with Crippen LogP contribution in [0.1, 0.15) is 48.7 Å². The molecule has 21 heavy (non-hydrogen) atoms. The second-order valence-electron chi connectivity index (χ2n) is 6.04. The summed E-state index contributed by atoms with van der Waals surface area (Å²) in [6.07, 6.45) is 5.40. The van der Waals surface area contributed by atoms with Gasteiger partial charge in [-0.3, -0.25) is 4.98 Å². The molecule has 0 atom stereocenters. The van der Waals surface area contributed by atoms with Crippen LogP contribution in [0.2, 0.25) is 0 Å². The molecule has 1 saturated carbocycles. The van der Waals surface area contributed by atoms with E-state index in [9.17, 15) is 9.90 Å². The summed E-state index contributed by atoms with van der Waals surface area (Å²) in [6.45, 7) is 3.40. The van der Waals surface area contributed by atoms with Crippen molar-refractivity contribution in [3.8, 4) is 0 Å². The molecular formula is C16H24N2O3. The van der Waals surface area contributed by atoms with Crippen molar-refractivity contribution in [3.63, 3.8) is 0 Å². The number of nitrogens with zero attached hydrogens (tertiary/aromatic N) is 1. The maximum atomic E-state index is 11.3. The van der Waals surface area contributed by atoms with Crippen molar-refractivity contribution in [2.45, 2.75) is 44.8 Å². The summed E-state index contributed by atoms with van der Waals surface area (Å²) in [5.74, 6) is 0.338. The Balaban J connectivity index is 1.79. The van der Waals surface area contributed by atoms with Crippen molar-refractivity contribution >= 4 is 5.97 Å². The van der Waals surface area contributed by atoms with E-state index in [4.69, 9.17) is 0 Å². The van der Waals surface area contributed by atoms with Crippen molar-refractivity contribution < 1.29 is 14.6 Å². The molecule has 0 unspecified atom stereocenters. The minimum absolute atomic E-state index is 0.382. The van der Waals surface area contributed by atoms with Gasteiger partial charge < -0.3 is 15.2 Å². The van der Waals surface area contributed by atoms with E-state index >= 15 is 0 Å². The first-order valence-electron chi connectivity index (χ1n) is 7.49. The van der Waals surface area contributed by atoms with E-state index in [0.29, 0.717) is 18.7 Å². The molecular weight excluding hydrogens is 268 g/mol. The molecule has 2 rings (SSSR count). The highest BCUT2D eigenvalue weighted by atomic mass is 16.5. The maximum absolute atomic E-state index is 11.3. The average Bonchev–Trinajstić information content (AvgIpc) is 2.50. The topological polar surface area (TPSA) is 71.5 Å². The van der Waals surface area contributed by atoms with Crippen LogP contribution in [0.4, 0.5) is 0 Å². The monoisotopic (exact) mass is 292 g/mol. The van der Waals surface area contributed by atoms with E-state index in [0.717, 1.165) is 37.3 Å². The second-order valence-corrected chi connectivity index (χ2v) is 6.04. The van der Waals surface area contributed by atoms with Gasteiger partial charge in [0.05, 0.1) is 24.0 Å². The van der Waals surface area contributed by atoms with Crippen LogP contribution in [0.5, 0.6) is 0 Å². The molecule has 0 aromatic carbocycles. The molecule has 2 N–H and O–H groups in total. The second kappa shape index (κ2) is 7.00. The van der Waals surface area contributed by atoms with E-state index < -0.39 is 5.60 Å². The number of hydrogen-bond acceptors (Lipinski definition) is 5. The summed E-state index contributed by atoms with van der Waals surface area (Å²) in [5, 5.41) is 13.7. The van der Waals surface area contributed by atoms with Gasteiger partial charge in [-0.15, -0.1) is 0 Å². The summed E-state index contributed by atoms with van der Waals surface area (Å²) in [6, 6.07) is 3.50. The number of aliphatic hydroxyl groups is 1. The molecule has 0 saturated heterocycles. The highest BCUT2D eigenvalue weighted by molar-refractivity contribution is 5.88. The third-order valence-corrected chi connectivity index (χ3v) is 4.21. The number of ether oxygens (including phenoxy) is 1. The summed E-state index contributed by atoms with van der Waals surface area (Å²) in [4.78, 5) is 15.5. The Morgan fingerprint density at radius 3 is 2.76 bits per heavy atom. The molecule has 0 spiro atoms. The number of nitrogens with one attached hydrogen (secondary N) is 1. The lowest BCUT2D eigenvalue weighted by molar-refractivity contribution is -0.00635. The first kappa shape index (κ1) is 15.9. The van der Waals surface area contributed by atoms with Crippen LogP contribution in [-0.4, -0.2) is 35.3 Å². The number of carbonyl (C=O) groups is 1. The lowest BCUT2D eigenvalue weighted by Crippen LogP contribution is -2.43. The molecule has 0 amide bonds. The smallest absolute Gasteiger partial charge is 0.339 e.